The third-order valence-electron chi connectivity index (χ3n) is 4.39. The molecule has 1 aliphatic rings. The zero-order valence-corrected chi connectivity index (χ0v) is 15.4. The van der Waals surface area contributed by atoms with Crippen LogP contribution in [0.5, 0.6) is 0 Å². The molecule has 1 aliphatic carbocycles. The molecule has 0 aliphatic heterocycles. The zero-order valence-electron chi connectivity index (χ0n) is 14.5. The van der Waals surface area contributed by atoms with Gasteiger partial charge in [-0.05, 0) is 24.5 Å². The van der Waals surface area contributed by atoms with Gasteiger partial charge in [0.1, 0.15) is 11.0 Å². The normalized spacial score (nSPS) is 18.5. The molecule has 0 bridgehead atoms. The summed E-state index contributed by atoms with van der Waals surface area (Å²) in [5.74, 6) is -0.943. The lowest BCUT2D eigenvalue weighted by Gasteiger charge is -2.18. The number of Topliss-reactive ketones (excluding diaryl/α,β-unsaturated/α-hetero) is 1. The lowest BCUT2D eigenvalue weighted by atomic mass is 9.95. The number of carbonyl (C=O) groups is 1. The van der Waals surface area contributed by atoms with Crippen LogP contribution in [0, 0.1) is 0 Å². The van der Waals surface area contributed by atoms with Crippen molar-refractivity contribution in [3.8, 4) is 0 Å². The predicted octanol–water partition coefficient (Wildman–Crippen LogP) is 3.94. The highest BCUT2D eigenvalue weighted by Gasteiger charge is 2.32. The summed E-state index contributed by atoms with van der Waals surface area (Å²) in [6.45, 7) is 2.21. The monoisotopic (exact) mass is 358 g/mol. The largest absolute Gasteiger partial charge is 0.380 e. The first-order chi connectivity index (χ1) is 11.4. The highest BCUT2D eigenvalue weighted by atomic mass is 32.2. The predicted molar refractivity (Wildman–Crippen MR) is 95.2 cm³/mol. The number of carbonyl (C=O) groups excluding carboxylic acids is 1. The molecule has 0 aromatic carbocycles. The molecule has 0 aromatic heterocycles. The fraction of sp³-hybridized carbons (Fsp3) is 0.722. The maximum atomic E-state index is 11.8. The van der Waals surface area contributed by atoms with Crippen LogP contribution >= 0.6 is 0 Å². The van der Waals surface area contributed by atoms with Crippen LogP contribution in [-0.4, -0.2) is 30.0 Å². The molecule has 0 amide bonds. The highest BCUT2D eigenvalue weighted by Crippen LogP contribution is 2.23. The number of allylic oxidation sites excluding steroid dienone is 2. The van der Waals surface area contributed by atoms with E-state index in [1.165, 1.54) is 51.0 Å². The summed E-state index contributed by atoms with van der Waals surface area (Å²) in [6.07, 6.45) is 13.7. The van der Waals surface area contributed by atoms with Crippen molar-refractivity contribution in [2.24, 2.45) is 0 Å². The molecule has 24 heavy (non-hydrogen) atoms. The van der Waals surface area contributed by atoms with Crippen LogP contribution in [0.25, 0.3) is 0 Å². The summed E-state index contributed by atoms with van der Waals surface area (Å²) in [5, 5.41) is 9.88. The van der Waals surface area contributed by atoms with Crippen molar-refractivity contribution in [2.75, 3.05) is 0 Å². The van der Waals surface area contributed by atoms with Crippen LogP contribution < -0.4 is 0 Å². The van der Waals surface area contributed by atoms with Crippen molar-refractivity contribution in [1.29, 1.82) is 0 Å². The van der Waals surface area contributed by atoms with Crippen LogP contribution in [-0.2, 0) is 14.9 Å². The van der Waals surface area contributed by atoms with E-state index in [1.54, 1.807) is 0 Å². The van der Waals surface area contributed by atoms with Gasteiger partial charge in [0, 0.05) is 0 Å². The minimum Gasteiger partial charge on any atom is -0.380 e. The van der Waals surface area contributed by atoms with Crippen molar-refractivity contribution in [2.45, 2.75) is 83.7 Å². The summed E-state index contributed by atoms with van der Waals surface area (Å²) in [6, 6.07) is 0. The van der Waals surface area contributed by atoms with E-state index in [1.807, 2.05) is 0 Å². The van der Waals surface area contributed by atoms with E-state index in [4.69, 9.17) is 4.55 Å². The number of aliphatic hydroxyl groups excluding tert-OH is 1. The number of hydrogen-bond acceptors (Lipinski definition) is 4. The van der Waals surface area contributed by atoms with Crippen molar-refractivity contribution < 1.29 is 22.9 Å². The lowest BCUT2D eigenvalue weighted by molar-refractivity contribution is -0.121. The average molecular weight is 359 g/mol. The van der Waals surface area contributed by atoms with E-state index in [2.05, 4.69) is 6.92 Å². The Bertz CT molecular complexity index is 560. The number of ketones is 1. The Morgan fingerprint density at radius 1 is 0.917 bits per heavy atom. The standard InChI is InChI=1S/C18H30O5S/c1-2-3-4-5-6-7-8-9-10-11-12-15-13-14-16(24(21,22)23)18(20)17(15)19/h13-14,17,19H,2-12H2,1H3,(H,21,22,23). The van der Waals surface area contributed by atoms with E-state index < -0.39 is 26.9 Å². The molecular weight excluding hydrogens is 328 g/mol. The molecule has 0 radical (unpaired) electrons. The molecule has 0 heterocycles. The van der Waals surface area contributed by atoms with E-state index >= 15 is 0 Å². The molecule has 1 unspecified atom stereocenters. The van der Waals surface area contributed by atoms with Gasteiger partial charge in [-0.3, -0.25) is 9.35 Å². The second-order valence-corrected chi connectivity index (χ2v) is 7.84. The number of aliphatic hydroxyl groups is 1. The van der Waals surface area contributed by atoms with Gasteiger partial charge in [-0.1, -0.05) is 70.8 Å². The van der Waals surface area contributed by atoms with Gasteiger partial charge in [0.2, 0.25) is 5.78 Å². The Hall–Kier alpha value is -0.980. The Kier molecular flexibility index (Phi) is 9.48. The van der Waals surface area contributed by atoms with Gasteiger partial charge in [-0.15, -0.1) is 0 Å². The van der Waals surface area contributed by atoms with Gasteiger partial charge in [0.05, 0.1) is 0 Å². The summed E-state index contributed by atoms with van der Waals surface area (Å²) in [7, 11) is -4.57. The fourth-order valence-corrected chi connectivity index (χ4v) is 3.51. The first kappa shape index (κ1) is 21.1. The summed E-state index contributed by atoms with van der Waals surface area (Å²) in [5.41, 5.74) is 0.520. The Morgan fingerprint density at radius 3 is 1.92 bits per heavy atom. The van der Waals surface area contributed by atoms with Crippen molar-refractivity contribution in [3.05, 3.63) is 22.6 Å². The maximum Gasteiger partial charge on any atom is 0.298 e. The first-order valence-electron chi connectivity index (χ1n) is 8.98. The molecule has 0 saturated heterocycles. The smallest absolute Gasteiger partial charge is 0.298 e. The van der Waals surface area contributed by atoms with Gasteiger partial charge < -0.3 is 5.11 Å². The Morgan fingerprint density at radius 2 is 1.42 bits per heavy atom. The molecule has 138 valence electrons. The third-order valence-corrected chi connectivity index (χ3v) is 5.28. The Balaban J connectivity index is 2.23. The maximum absolute atomic E-state index is 11.8. The van der Waals surface area contributed by atoms with Crippen LogP contribution in [0.4, 0.5) is 0 Å². The van der Waals surface area contributed by atoms with Crippen molar-refractivity contribution in [1.82, 2.24) is 0 Å². The van der Waals surface area contributed by atoms with Crippen LogP contribution in [0.3, 0.4) is 0 Å². The highest BCUT2D eigenvalue weighted by molar-refractivity contribution is 7.90. The number of rotatable bonds is 12. The molecule has 0 aromatic rings. The molecule has 1 rings (SSSR count). The molecule has 5 nitrogen and oxygen atoms in total. The molecule has 6 heteroatoms. The van der Waals surface area contributed by atoms with Gasteiger partial charge in [0.15, 0.2) is 0 Å². The van der Waals surface area contributed by atoms with Crippen LogP contribution in [0.1, 0.15) is 77.6 Å². The summed E-state index contributed by atoms with van der Waals surface area (Å²) < 4.78 is 31.0. The van der Waals surface area contributed by atoms with Crippen LogP contribution in [0.15, 0.2) is 22.6 Å². The van der Waals surface area contributed by atoms with E-state index in [0.717, 1.165) is 25.3 Å². The topological polar surface area (TPSA) is 91.7 Å². The SMILES string of the molecule is CCCCCCCCCCCCC1=CC=C(S(=O)(=O)O)C(=O)C1O. The second-order valence-electron chi connectivity index (χ2n) is 6.45. The summed E-state index contributed by atoms with van der Waals surface area (Å²) >= 11 is 0. The van der Waals surface area contributed by atoms with E-state index in [9.17, 15) is 18.3 Å². The number of unbranched alkanes of at least 4 members (excludes halogenated alkanes) is 9. The molecular formula is C18H30O5S. The minimum absolute atomic E-state index is 0.520. The summed E-state index contributed by atoms with van der Waals surface area (Å²) in [4.78, 5) is 11.0. The van der Waals surface area contributed by atoms with Gasteiger partial charge in [-0.2, -0.15) is 8.42 Å². The van der Waals surface area contributed by atoms with Crippen molar-refractivity contribution in [3.63, 3.8) is 0 Å². The second kappa shape index (κ2) is 10.8. The lowest BCUT2D eigenvalue weighted by Crippen LogP contribution is -2.30. The number of hydrogen-bond donors (Lipinski definition) is 2. The van der Waals surface area contributed by atoms with Gasteiger partial charge in [-0.25, -0.2) is 0 Å². The molecule has 0 spiro atoms. The molecule has 0 saturated carbocycles. The average Bonchev–Trinajstić information content (AvgIpc) is 2.52. The minimum atomic E-state index is -4.57. The molecule has 1 atom stereocenters. The van der Waals surface area contributed by atoms with Crippen molar-refractivity contribution >= 4 is 15.9 Å². The quantitative estimate of drug-likeness (QED) is 0.407. The Labute approximate surface area is 145 Å². The van der Waals surface area contributed by atoms with E-state index in [-0.39, 0.29) is 0 Å². The molecule has 0 fully saturated rings. The fourth-order valence-electron chi connectivity index (χ4n) is 2.91. The van der Waals surface area contributed by atoms with Gasteiger partial charge in [0.25, 0.3) is 10.1 Å². The van der Waals surface area contributed by atoms with Crippen LogP contribution in [0.2, 0.25) is 0 Å². The zero-order chi connectivity index (χ0) is 18.0. The van der Waals surface area contributed by atoms with E-state index in [0.29, 0.717) is 12.0 Å². The van der Waals surface area contributed by atoms with Gasteiger partial charge >= 0.3 is 0 Å². The third kappa shape index (κ3) is 7.28. The first-order valence-corrected chi connectivity index (χ1v) is 10.4. The molecule has 2 N–H and O–H groups in total.